The van der Waals surface area contributed by atoms with Gasteiger partial charge in [-0.05, 0) is 44.4 Å². The van der Waals surface area contributed by atoms with Crippen molar-refractivity contribution in [1.82, 2.24) is 0 Å². The Kier molecular flexibility index (Phi) is 6.46. The highest BCUT2D eigenvalue weighted by molar-refractivity contribution is 5.85. The van der Waals surface area contributed by atoms with E-state index < -0.39 is 0 Å². The number of halogens is 1. The van der Waals surface area contributed by atoms with E-state index in [1.165, 1.54) is 19.3 Å². The molecule has 0 aromatic rings. The van der Waals surface area contributed by atoms with Crippen LogP contribution in [-0.4, -0.2) is 6.04 Å². The molecular weight excluding hydrogens is 194 g/mol. The van der Waals surface area contributed by atoms with Crippen LogP contribution < -0.4 is 5.73 Å². The highest BCUT2D eigenvalue weighted by atomic mass is 35.5. The zero-order valence-corrected chi connectivity index (χ0v) is 10.4. The largest absolute Gasteiger partial charge is 0.328 e. The second-order valence-corrected chi connectivity index (χ2v) is 4.57. The first-order valence-corrected chi connectivity index (χ1v) is 5.56. The molecule has 0 aliphatic heterocycles. The van der Waals surface area contributed by atoms with E-state index in [1.807, 2.05) is 0 Å². The summed E-state index contributed by atoms with van der Waals surface area (Å²) in [6.07, 6.45) is 7.38. The Morgan fingerprint density at radius 3 is 2.71 bits per heavy atom. The lowest BCUT2D eigenvalue weighted by molar-refractivity contribution is 0.319. The van der Waals surface area contributed by atoms with E-state index in [2.05, 4.69) is 26.8 Å². The lowest BCUT2D eigenvalue weighted by Gasteiger charge is -2.28. The highest BCUT2D eigenvalue weighted by Gasteiger charge is 2.21. The first-order chi connectivity index (χ1) is 6.13. The zero-order valence-electron chi connectivity index (χ0n) is 9.62. The molecule has 0 amide bonds. The molecule has 0 fully saturated rings. The van der Waals surface area contributed by atoms with Gasteiger partial charge in [0.05, 0.1) is 0 Å². The standard InChI is InChI=1S/C12H23N.ClH/c1-4-12(13)8-11-6-5-9(2)7-10(11)3;/h7,10-12H,4-6,8,13H2,1-3H3;1H. The number of hydrogen-bond donors (Lipinski definition) is 1. The van der Waals surface area contributed by atoms with Gasteiger partial charge >= 0.3 is 0 Å². The van der Waals surface area contributed by atoms with Crippen LogP contribution >= 0.6 is 12.4 Å². The molecule has 0 spiro atoms. The molecule has 1 aliphatic rings. The van der Waals surface area contributed by atoms with Gasteiger partial charge in [0.1, 0.15) is 0 Å². The van der Waals surface area contributed by atoms with Crippen molar-refractivity contribution in [3.63, 3.8) is 0 Å². The minimum Gasteiger partial charge on any atom is -0.328 e. The fourth-order valence-electron chi connectivity index (χ4n) is 2.23. The summed E-state index contributed by atoms with van der Waals surface area (Å²) in [4.78, 5) is 0. The summed E-state index contributed by atoms with van der Waals surface area (Å²) in [5.41, 5.74) is 7.54. The molecule has 0 saturated carbocycles. The topological polar surface area (TPSA) is 26.0 Å². The summed E-state index contributed by atoms with van der Waals surface area (Å²) in [5.74, 6) is 1.57. The van der Waals surface area contributed by atoms with Crippen molar-refractivity contribution >= 4 is 12.4 Å². The van der Waals surface area contributed by atoms with Crippen LogP contribution in [0.2, 0.25) is 0 Å². The number of rotatable bonds is 3. The van der Waals surface area contributed by atoms with Gasteiger partial charge in [0, 0.05) is 6.04 Å². The molecule has 1 aliphatic carbocycles. The smallest absolute Gasteiger partial charge is 0.00390 e. The minimum atomic E-state index is 0. The lowest BCUT2D eigenvalue weighted by atomic mass is 9.78. The van der Waals surface area contributed by atoms with Crippen molar-refractivity contribution in [2.75, 3.05) is 0 Å². The van der Waals surface area contributed by atoms with E-state index in [-0.39, 0.29) is 12.4 Å². The van der Waals surface area contributed by atoms with Crippen molar-refractivity contribution in [2.24, 2.45) is 17.6 Å². The van der Waals surface area contributed by atoms with E-state index in [9.17, 15) is 0 Å². The number of hydrogen-bond acceptors (Lipinski definition) is 1. The second kappa shape index (κ2) is 6.47. The molecule has 0 heterocycles. The summed E-state index contributed by atoms with van der Waals surface area (Å²) < 4.78 is 0. The van der Waals surface area contributed by atoms with Gasteiger partial charge in [-0.2, -0.15) is 0 Å². The normalized spacial score (nSPS) is 29.0. The van der Waals surface area contributed by atoms with Gasteiger partial charge in [-0.1, -0.05) is 25.5 Å². The van der Waals surface area contributed by atoms with Crippen molar-refractivity contribution in [3.8, 4) is 0 Å². The molecule has 14 heavy (non-hydrogen) atoms. The average molecular weight is 218 g/mol. The van der Waals surface area contributed by atoms with Crippen molar-refractivity contribution in [2.45, 2.75) is 52.5 Å². The third-order valence-corrected chi connectivity index (χ3v) is 3.33. The summed E-state index contributed by atoms with van der Waals surface area (Å²) >= 11 is 0. The van der Waals surface area contributed by atoms with Crippen LogP contribution in [0.15, 0.2) is 11.6 Å². The van der Waals surface area contributed by atoms with E-state index in [0.29, 0.717) is 6.04 Å². The van der Waals surface area contributed by atoms with Gasteiger partial charge < -0.3 is 5.73 Å². The second-order valence-electron chi connectivity index (χ2n) is 4.57. The van der Waals surface area contributed by atoms with E-state index in [0.717, 1.165) is 18.3 Å². The van der Waals surface area contributed by atoms with Gasteiger partial charge in [-0.25, -0.2) is 0 Å². The van der Waals surface area contributed by atoms with Crippen LogP contribution in [0.25, 0.3) is 0 Å². The number of nitrogens with two attached hydrogens (primary N) is 1. The Bertz CT molecular complexity index is 189. The van der Waals surface area contributed by atoms with E-state index >= 15 is 0 Å². The Labute approximate surface area is 94.6 Å². The molecule has 84 valence electrons. The van der Waals surface area contributed by atoms with Crippen molar-refractivity contribution < 1.29 is 0 Å². The SMILES string of the molecule is CCC(N)CC1CCC(C)=CC1C.Cl. The predicted molar refractivity (Wildman–Crippen MR) is 65.8 cm³/mol. The van der Waals surface area contributed by atoms with Gasteiger partial charge in [0.2, 0.25) is 0 Å². The zero-order chi connectivity index (χ0) is 9.84. The first-order valence-electron chi connectivity index (χ1n) is 5.56. The molecule has 3 atom stereocenters. The molecule has 2 heteroatoms. The molecule has 0 radical (unpaired) electrons. The fourth-order valence-corrected chi connectivity index (χ4v) is 2.23. The van der Waals surface area contributed by atoms with Gasteiger partial charge in [0.15, 0.2) is 0 Å². The Morgan fingerprint density at radius 1 is 1.57 bits per heavy atom. The lowest BCUT2D eigenvalue weighted by Crippen LogP contribution is -2.26. The Balaban J connectivity index is 0.00000169. The molecule has 1 rings (SSSR count). The van der Waals surface area contributed by atoms with Crippen LogP contribution in [0, 0.1) is 11.8 Å². The van der Waals surface area contributed by atoms with Crippen LogP contribution in [0.5, 0.6) is 0 Å². The third-order valence-electron chi connectivity index (χ3n) is 3.33. The monoisotopic (exact) mass is 217 g/mol. The fraction of sp³-hybridized carbons (Fsp3) is 0.833. The Hall–Kier alpha value is -0.0100. The summed E-state index contributed by atoms with van der Waals surface area (Å²) in [7, 11) is 0. The number of allylic oxidation sites excluding steroid dienone is 2. The van der Waals surface area contributed by atoms with E-state index in [4.69, 9.17) is 5.73 Å². The molecule has 0 aromatic carbocycles. The van der Waals surface area contributed by atoms with Crippen LogP contribution in [-0.2, 0) is 0 Å². The van der Waals surface area contributed by atoms with Crippen LogP contribution in [0.3, 0.4) is 0 Å². The van der Waals surface area contributed by atoms with Crippen LogP contribution in [0.1, 0.15) is 46.5 Å². The molecular formula is C12H24ClN. The predicted octanol–water partition coefficient (Wildman–Crippen LogP) is 3.53. The van der Waals surface area contributed by atoms with Crippen LogP contribution in [0.4, 0.5) is 0 Å². The summed E-state index contributed by atoms with van der Waals surface area (Å²) in [6.45, 7) is 6.75. The summed E-state index contributed by atoms with van der Waals surface area (Å²) in [5, 5.41) is 0. The van der Waals surface area contributed by atoms with Crippen molar-refractivity contribution in [1.29, 1.82) is 0 Å². The maximum absolute atomic E-state index is 5.98. The quantitative estimate of drug-likeness (QED) is 0.720. The third kappa shape index (κ3) is 4.02. The van der Waals surface area contributed by atoms with E-state index in [1.54, 1.807) is 5.57 Å². The highest BCUT2D eigenvalue weighted by Crippen LogP contribution is 2.31. The van der Waals surface area contributed by atoms with Gasteiger partial charge in [0.25, 0.3) is 0 Å². The molecule has 0 saturated heterocycles. The Morgan fingerprint density at radius 2 is 2.21 bits per heavy atom. The van der Waals surface area contributed by atoms with Gasteiger partial charge in [-0.15, -0.1) is 12.4 Å². The molecule has 3 unspecified atom stereocenters. The molecule has 2 N–H and O–H groups in total. The summed E-state index contributed by atoms with van der Waals surface area (Å²) in [6, 6.07) is 0.416. The van der Waals surface area contributed by atoms with Crippen molar-refractivity contribution in [3.05, 3.63) is 11.6 Å². The maximum Gasteiger partial charge on any atom is 0.00390 e. The molecule has 1 nitrogen and oxygen atoms in total. The molecule has 0 bridgehead atoms. The van der Waals surface area contributed by atoms with Gasteiger partial charge in [-0.3, -0.25) is 0 Å². The average Bonchev–Trinajstić information content (AvgIpc) is 2.09. The minimum absolute atomic E-state index is 0. The maximum atomic E-state index is 5.98. The first kappa shape index (κ1) is 14.0. The molecule has 0 aromatic heterocycles.